The summed E-state index contributed by atoms with van der Waals surface area (Å²) in [5, 5.41) is 5.22. The first-order valence-corrected chi connectivity index (χ1v) is 5.01. The van der Waals surface area contributed by atoms with Crippen molar-refractivity contribution in [3.05, 3.63) is 0 Å². The van der Waals surface area contributed by atoms with E-state index in [0.29, 0.717) is 13.2 Å². The second kappa shape index (κ2) is 6.36. The Bertz CT molecular complexity index is 226. The Labute approximate surface area is 88.3 Å². The Morgan fingerprint density at radius 2 is 2.40 bits per heavy atom. The first-order valence-electron chi connectivity index (χ1n) is 5.01. The molecule has 86 valence electrons. The van der Waals surface area contributed by atoms with Crippen LogP contribution in [0.3, 0.4) is 0 Å². The zero-order valence-electron chi connectivity index (χ0n) is 8.75. The number of imide groups is 1. The summed E-state index contributed by atoms with van der Waals surface area (Å²) >= 11 is 0. The average Bonchev–Trinajstić information content (AvgIpc) is 2.19. The molecule has 0 saturated carbocycles. The Morgan fingerprint density at radius 1 is 1.60 bits per heavy atom. The number of carbonyl (C=O) groups excluding carboxylic acids is 2. The normalized spacial score (nSPS) is 20.7. The van der Waals surface area contributed by atoms with Gasteiger partial charge in [0.1, 0.15) is 0 Å². The van der Waals surface area contributed by atoms with Crippen molar-refractivity contribution >= 4 is 12.0 Å². The number of alkyl carbamates (subject to hydrolysis) is 1. The molecule has 0 bridgehead atoms. The number of nitrogens with one attached hydrogen (secondary N) is 2. The molecule has 0 aromatic rings. The quantitative estimate of drug-likeness (QED) is 0.673. The van der Waals surface area contributed by atoms with Crippen LogP contribution in [-0.4, -0.2) is 44.4 Å². The molecule has 1 atom stereocenters. The van der Waals surface area contributed by atoms with Crippen LogP contribution in [0, 0.1) is 0 Å². The highest BCUT2D eigenvalue weighted by atomic mass is 16.5. The predicted octanol–water partition coefficient (Wildman–Crippen LogP) is -0.362. The minimum Gasteiger partial charge on any atom is -0.450 e. The number of carbonyl (C=O) groups is 2. The number of hydrogen-bond donors (Lipinski definition) is 2. The second-order valence-electron chi connectivity index (χ2n) is 3.17. The van der Waals surface area contributed by atoms with Gasteiger partial charge in [-0.05, 0) is 6.92 Å². The van der Waals surface area contributed by atoms with Gasteiger partial charge in [-0.15, -0.1) is 0 Å². The summed E-state index contributed by atoms with van der Waals surface area (Å²) in [7, 11) is 0. The molecule has 0 aromatic carbocycles. The summed E-state index contributed by atoms with van der Waals surface area (Å²) in [6.45, 7) is 3.96. The third-order valence-electron chi connectivity index (χ3n) is 1.93. The van der Waals surface area contributed by atoms with Gasteiger partial charge < -0.3 is 14.8 Å². The molecule has 1 heterocycles. The Hall–Kier alpha value is -1.14. The standard InChI is InChI=1S/C9H16N2O4/c1-2-14-9(13)11-8(12)5-7-6-10-3-4-15-7/h7,10H,2-6H2,1H3,(H,11,12,13)/t7-/m1/s1. The number of amides is 2. The van der Waals surface area contributed by atoms with Gasteiger partial charge in [0.2, 0.25) is 5.91 Å². The maximum atomic E-state index is 11.3. The fourth-order valence-electron chi connectivity index (χ4n) is 1.29. The summed E-state index contributed by atoms with van der Waals surface area (Å²) in [6, 6.07) is 0. The van der Waals surface area contributed by atoms with E-state index in [-0.39, 0.29) is 25.0 Å². The lowest BCUT2D eigenvalue weighted by Crippen LogP contribution is -2.42. The van der Waals surface area contributed by atoms with Crippen molar-refractivity contribution in [3.63, 3.8) is 0 Å². The molecule has 0 aliphatic carbocycles. The molecule has 0 aromatic heterocycles. The van der Waals surface area contributed by atoms with Crippen LogP contribution in [0.2, 0.25) is 0 Å². The first kappa shape index (κ1) is 11.9. The smallest absolute Gasteiger partial charge is 0.413 e. The van der Waals surface area contributed by atoms with Gasteiger partial charge in [-0.3, -0.25) is 10.1 Å². The van der Waals surface area contributed by atoms with E-state index in [1.54, 1.807) is 6.92 Å². The molecule has 1 aliphatic heterocycles. The van der Waals surface area contributed by atoms with Crippen molar-refractivity contribution < 1.29 is 19.1 Å². The summed E-state index contributed by atoms with van der Waals surface area (Å²) in [6.07, 6.45) is -0.689. The zero-order valence-corrected chi connectivity index (χ0v) is 8.75. The molecule has 1 fully saturated rings. The summed E-state index contributed by atoms with van der Waals surface area (Å²) in [4.78, 5) is 22.2. The van der Waals surface area contributed by atoms with E-state index in [2.05, 4.69) is 15.4 Å². The highest BCUT2D eigenvalue weighted by molar-refractivity contribution is 5.91. The van der Waals surface area contributed by atoms with E-state index in [4.69, 9.17) is 4.74 Å². The van der Waals surface area contributed by atoms with Gasteiger partial charge in [0.05, 0.1) is 25.7 Å². The van der Waals surface area contributed by atoms with Crippen molar-refractivity contribution in [3.8, 4) is 0 Å². The molecule has 2 N–H and O–H groups in total. The molecule has 6 heteroatoms. The van der Waals surface area contributed by atoms with Gasteiger partial charge in [0, 0.05) is 13.1 Å². The van der Waals surface area contributed by atoms with Crippen molar-refractivity contribution in [1.29, 1.82) is 0 Å². The number of hydrogen-bond acceptors (Lipinski definition) is 5. The van der Waals surface area contributed by atoms with Crippen LogP contribution in [0.15, 0.2) is 0 Å². The lowest BCUT2D eigenvalue weighted by Gasteiger charge is -2.22. The molecule has 0 spiro atoms. The van der Waals surface area contributed by atoms with Gasteiger partial charge in [-0.25, -0.2) is 4.79 Å². The van der Waals surface area contributed by atoms with Crippen LogP contribution in [0.25, 0.3) is 0 Å². The van der Waals surface area contributed by atoms with Gasteiger partial charge in [0.15, 0.2) is 0 Å². The molecular weight excluding hydrogens is 200 g/mol. The van der Waals surface area contributed by atoms with Gasteiger partial charge >= 0.3 is 6.09 Å². The van der Waals surface area contributed by atoms with Crippen LogP contribution in [0.5, 0.6) is 0 Å². The maximum Gasteiger partial charge on any atom is 0.413 e. The van der Waals surface area contributed by atoms with E-state index < -0.39 is 6.09 Å². The monoisotopic (exact) mass is 216 g/mol. The third kappa shape index (κ3) is 4.75. The van der Waals surface area contributed by atoms with E-state index in [1.165, 1.54) is 0 Å². The first-order chi connectivity index (χ1) is 7.22. The van der Waals surface area contributed by atoms with Crippen LogP contribution < -0.4 is 10.6 Å². The fraction of sp³-hybridized carbons (Fsp3) is 0.778. The van der Waals surface area contributed by atoms with E-state index in [0.717, 1.165) is 6.54 Å². The lowest BCUT2D eigenvalue weighted by molar-refractivity contribution is -0.123. The SMILES string of the molecule is CCOC(=O)NC(=O)C[C@@H]1CNCCO1. The Morgan fingerprint density at radius 3 is 3.00 bits per heavy atom. The third-order valence-corrected chi connectivity index (χ3v) is 1.93. The minimum absolute atomic E-state index is 0.159. The molecule has 1 saturated heterocycles. The molecule has 0 radical (unpaired) electrons. The van der Waals surface area contributed by atoms with Crippen LogP contribution in [-0.2, 0) is 14.3 Å². The molecule has 15 heavy (non-hydrogen) atoms. The highest BCUT2D eigenvalue weighted by Crippen LogP contribution is 2.00. The summed E-state index contributed by atoms with van der Waals surface area (Å²) in [5.74, 6) is -0.373. The van der Waals surface area contributed by atoms with Crippen molar-refractivity contribution in [2.75, 3.05) is 26.3 Å². The zero-order chi connectivity index (χ0) is 11.1. The topological polar surface area (TPSA) is 76.7 Å². The number of ether oxygens (including phenoxy) is 2. The van der Waals surface area contributed by atoms with Crippen molar-refractivity contribution in [2.45, 2.75) is 19.4 Å². The molecule has 1 aliphatic rings. The Balaban J connectivity index is 2.19. The number of rotatable bonds is 3. The van der Waals surface area contributed by atoms with Crippen LogP contribution in [0.4, 0.5) is 4.79 Å². The predicted molar refractivity (Wildman–Crippen MR) is 52.4 cm³/mol. The maximum absolute atomic E-state index is 11.3. The van der Waals surface area contributed by atoms with Gasteiger partial charge in [0.25, 0.3) is 0 Å². The molecule has 1 rings (SSSR count). The molecule has 2 amide bonds. The fourth-order valence-corrected chi connectivity index (χ4v) is 1.29. The van der Waals surface area contributed by atoms with Gasteiger partial charge in [-0.2, -0.15) is 0 Å². The largest absolute Gasteiger partial charge is 0.450 e. The lowest BCUT2D eigenvalue weighted by atomic mass is 10.2. The van der Waals surface area contributed by atoms with Crippen LogP contribution in [0.1, 0.15) is 13.3 Å². The van der Waals surface area contributed by atoms with Crippen molar-refractivity contribution in [1.82, 2.24) is 10.6 Å². The van der Waals surface area contributed by atoms with E-state index in [1.807, 2.05) is 0 Å². The second-order valence-corrected chi connectivity index (χ2v) is 3.17. The minimum atomic E-state index is -0.703. The van der Waals surface area contributed by atoms with E-state index >= 15 is 0 Å². The van der Waals surface area contributed by atoms with E-state index in [9.17, 15) is 9.59 Å². The number of morpholine rings is 1. The molecular formula is C9H16N2O4. The summed E-state index contributed by atoms with van der Waals surface area (Å²) in [5.41, 5.74) is 0. The molecule has 6 nitrogen and oxygen atoms in total. The Kier molecular flexibility index (Phi) is 5.06. The van der Waals surface area contributed by atoms with Crippen molar-refractivity contribution in [2.24, 2.45) is 0 Å². The highest BCUT2D eigenvalue weighted by Gasteiger charge is 2.18. The average molecular weight is 216 g/mol. The molecule has 0 unspecified atom stereocenters. The van der Waals surface area contributed by atoms with Gasteiger partial charge in [-0.1, -0.05) is 0 Å². The summed E-state index contributed by atoms with van der Waals surface area (Å²) < 4.78 is 9.89. The van der Waals surface area contributed by atoms with Crippen LogP contribution >= 0.6 is 0 Å².